The molecule has 0 saturated heterocycles. The highest BCUT2D eigenvalue weighted by atomic mass is 32.2. The monoisotopic (exact) mass is 320 g/mol. The normalized spacial score (nSPS) is 13.1. The lowest BCUT2D eigenvalue weighted by atomic mass is 10.2. The lowest BCUT2D eigenvalue weighted by molar-refractivity contribution is 0.0697. The molecule has 0 aromatic heterocycles. The molecule has 0 aliphatic rings. The van der Waals surface area contributed by atoms with E-state index in [0.29, 0.717) is 5.75 Å². The largest absolute Gasteiger partial charge is 0.478 e. The molecule has 1 atom stereocenters. The third kappa shape index (κ3) is 4.29. The number of aromatic carboxylic acids is 1. The van der Waals surface area contributed by atoms with Crippen LogP contribution in [0.15, 0.2) is 23.1 Å². The molecule has 0 aliphatic carbocycles. The smallest absolute Gasteiger partial charge is 0.335 e. The second-order valence-corrected chi connectivity index (χ2v) is 7.49. The van der Waals surface area contributed by atoms with Crippen molar-refractivity contribution in [2.75, 3.05) is 23.8 Å². The van der Waals surface area contributed by atoms with Gasteiger partial charge in [-0.3, -0.25) is 4.21 Å². The van der Waals surface area contributed by atoms with E-state index < -0.39 is 26.8 Å². The molecule has 112 valence electrons. The van der Waals surface area contributed by atoms with Crippen LogP contribution in [-0.4, -0.2) is 41.8 Å². The zero-order valence-electron chi connectivity index (χ0n) is 10.8. The first kappa shape index (κ1) is 16.6. The van der Waals surface area contributed by atoms with Gasteiger partial charge >= 0.3 is 5.97 Å². The molecule has 0 radical (unpaired) electrons. The van der Waals surface area contributed by atoms with Crippen LogP contribution in [0.2, 0.25) is 0 Å². The topological polar surface area (TPSA) is 127 Å². The van der Waals surface area contributed by atoms with Crippen LogP contribution in [0.1, 0.15) is 17.3 Å². The van der Waals surface area contributed by atoms with Crippen LogP contribution in [0.5, 0.6) is 0 Å². The molecule has 0 fully saturated rings. The standard InChI is InChI=1S/C11H16N2O5S2/c1-2-19(16)6-5-13-20(17,18)10-4-3-8(11(14)15)7-9(10)12/h3-4,7,13H,2,5-6,12H2,1H3,(H,14,15). The Labute approximate surface area is 119 Å². The Hall–Kier alpha value is -1.45. The average Bonchev–Trinajstić information content (AvgIpc) is 2.37. The Bertz CT molecular complexity index is 628. The lowest BCUT2D eigenvalue weighted by Gasteiger charge is -2.09. The number of anilines is 1. The van der Waals surface area contributed by atoms with Gasteiger partial charge in [-0.1, -0.05) is 6.92 Å². The van der Waals surface area contributed by atoms with Gasteiger partial charge in [0.1, 0.15) is 4.90 Å². The van der Waals surface area contributed by atoms with Gasteiger partial charge in [-0.2, -0.15) is 0 Å². The number of nitrogen functional groups attached to an aromatic ring is 1. The highest BCUT2D eigenvalue weighted by Crippen LogP contribution is 2.19. The van der Waals surface area contributed by atoms with Crippen LogP contribution >= 0.6 is 0 Å². The fourth-order valence-electron chi connectivity index (χ4n) is 1.44. The van der Waals surface area contributed by atoms with Crippen LogP contribution in [0, 0.1) is 0 Å². The number of nitrogens with two attached hydrogens (primary N) is 1. The van der Waals surface area contributed by atoms with Crippen molar-refractivity contribution in [3.63, 3.8) is 0 Å². The molecule has 0 amide bonds. The summed E-state index contributed by atoms with van der Waals surface area (Å²) in [6.45, 7) is 1.77. The highest BCUT2D eigenvalue weighted by molar-refractivity contribution is 7.89. The van der Waals surface area contributed by atoms with Gasteiger partial charge < -0.3 is 10.8 Å². The number of rotatable bonds is 7. The summed E-state index contributed by atoms with van der Waals surface area (Å²) in [6.07, 6.45) is 0. The third-order valence-corrected chi connectivity index (χ3v) is 5.33. The molecular formula is C11H16N2O5S2. The van der Waals surface area contributed by atoms with E-state index in [0.717, 1.165) is 18.2 Å². The Morgan fingerprint density at radius 1 is 1.45 bits per heavy atom. The van der Waals surface area contributed by atoms with Crippen molar-refractivity contribution >= 4 is 32.5 Å². The minimum atomic E-state index is -3.84. The molecule has 0 bridgehead atoms. The number of hydrogen-bond donors (Lipinski definition) is 3. The second-order valence-electron chi connectivity index (χ2n) is 3.89. The Balaban J connectivity index is 2.87. The summed E-state index contributed by atoms with van der Waals surface area (Å²) >= 11 is 0. The molecule has 1 aromatic carbocycles. The molecule has 1 unspecified atom stereocenters. The average molecular weight is 320 g/mol. The maximum absolute atomic E-state index is 12.0. The van der Waals surface area contributed by atoms with Gasteiger partial charge in [0.2, 0.25) is 10.0 Å². The number of benzene rings is 1. The fraction of sp³-hybridized carbons (Fsp3) is 0.364. The van der Waals surface area contributed by atoms with Gasteiger partial charge in [-0.05, 0) is 18.2 Å². The number of carboxylic acids is 1. The number of sulfonamides is 1. The van der Waals surface area contributed by atoms with E-state index in [2.05, 4.69) is 4.72 Å². The number of carbonyl (C=O) groups is 1. The highest BCUT2D eigenvalue weighted by Gasteiger charge is 2.18. The van der Waals surface area contributed by atoms with Crippen LogP contribution in [0.4, 0.5) is 5.69 Å². The minimum Gasteiger partial charge on any atom is -0.478 e. The predicted molar refractivity (Wildman–Crippen MR) is 76.6 cm³/mol. The molecule has 0 spiro atoms. The van der Waals surface area contributed by atoms with Gasteiger partial charge in [0, 0.05) is 28.9 Å². The minimum absolute atomic E-state index is 0.0307. The van der Waals surface area contributed by atoms with Gasteiger partial charge in [0.15, 0.2) is 0 Å². The zero-order chi connectivity index (χ0) is 15.3. The van der Waals surface area contributed by atoms with Crippen molar-refractivity contribution in [3.8, 4) is 0 Å². The summed E-state index contributed by atoms with van der Waals surface area (Å²) in [5.41, 5.74) is 5.33. The van der Waals surface area contributed by atoms with E-state index in [9.17, 15) is 17.4 Å². The number of carboxylic acid groups (broad SMARTS) is 1. The summed E-state index contributed by atoms with van der Waals surface area (Å²) in [6, 6.07) is 3.39. The first-order valence-corrected chi connectivity index (χ1v) is 8.72. The van der Waals surface area contributed by atoms with Crippen molar-refractivity contribution in [1.82, 2.24) is 4.72 Å². The van der Waals surface area contributed by atoms with Crippen molar-refractivity contribution < 1.29 is 22.5 Å². The van der Waals surface area contributed by atoms with Crippen LogP contribution in [-0.2, 0) is 20.8 Å². The first-order chi connectivity index (χ1) is 9.27. The van der Waals surface area contributed by atoms with Gasteiger partial charge in [0.05, 0.1) is 11.3 Å². The van der Waals surface area contributed by atoms with Crippen LogP contribution in [0.3, 0.4) is 0 Å². The van der Waals surface area contributed by atoms with Crippen molar-refractivity contribution in [1.29, 1.82) is 0 Å². The molecule has 20 heavy (non-hydrogen) atoms. The number of hydrogen-bond acceptors (Lipinski definition) is 5. The summed E-state index contributed by atoms with van der Waals surface area (Å²) in [4.78, 5) is 10.5. The molecule has 9 heteroatoms. The SMILES string of the molecule is CCS(=O)CCNS(=O)(=O)c1ccc(C(=O)O)cc1N. The molecule has 0 heterocycles. The van der Waals surface area contributed by atoms with Crippen molar-refractivity contribution in [2.45, 2.75) is 11.8 Å². The van der Waals surface area contributed by atoms with E-state index in [1.165, 1.54) is 0 Å². The Morgan fingerprint density at radius 3 is 2.60 bits per heavy atom. The van der Waals surface area contributed by atoms with E-state index in [-0.39, 0.29) is 28.4 Å². The van der Waals surface area contributed by atoms with Crippen molar-refractivity contribution in [3.05, 3.63) is 23.8 Å². The quantitative estimate of drug-likeness (QED) is 0.608. The molecule has 1 rings (SSSR count). The van der Waals surface area contributed by atoms with Crippen LogP contribution < -0.4 is 10.5 Å². The maximum atomic E-state index is 12.0. The predicted octanol–water partition coefficient (Wildman–Crippen LogP) is 0.0139. The summed E-state index contributed by atoms with van der Waals surface area (Å²) < 4.78 is 37.4. The molecule has 0 saturated carbocycles. The first-order valence-electron chi connectivity index (χ1n) is 5.75. The molecule has 1 aromatic rings. The fourth-order valence-corrected chi connectivity index (χ4v) is 3.33. The molecule has 7 nitrogen and oxygen atoms in total. The van der Waals surface area contributed by atoms with Crippen molar-refractivity contribution in [2.24, 2.45) is 0 Å². The summed E-state index contributed by atoms with van der Waals surface area (Å²) in [5.74, 6) is -0.521. The molecule has 4 N–H and O–H groups in total. The summed E-state index contributed by atoms with van der Waals surface area (Å²) in [7, 11) is -4.91. The van der Waals surface area contributed by atoms with E-state index >= 15 is 0 Å². The van der Waals surface area contributed by atoms with E-state index in [1.54, 1.807) is 6.92 Å². The number of nitrogens with one attached hydrogen (secondary N) is 1. The maximum Gasteiger partial charge on any atom is 0.335 e. The lowest BCUT2D eigenvalue weighted by Crippen LogP contribution is -2.28. The van der Waals surface area contributed by atoms with Crippen LogP contribution in [0.25, 0.3) is 0 Å². The van der Waals surface area contributed by atoms with E-state index in [1.807, 2.05) is 0 Å². The Morgan fingerprint density at radius 2 is 2.10 bits per heavy atom. The van der Waals surface area contributed by atoms with Gasteiger partial charge in [-0.25, -0.2) is 17.9 Å². The second kappa shape index (κ2) is 6.82. The Kier molecular flexibility index (Phi) is 5.66. The summed E-state index contributed by atoms with van der Waals surface area (Å²) in [5, 5.41) is 8.78. The van der Waals surface area contributed by atoms with Gasteiger partial charge in [0.25, 0.3) is 0 Å². The molecule has 0 aliphatic heterocycles. The van der Waals surface area contributed by atoms with Gasteiger partial charge in [-0.15, -0.1) is 0 Å². The van der Waals surface area contributed by atoms with E-state index in [4.69, 9.17) is 10.8 Å². The molecular weight excluding hydrogens is 304 g/mol. The zero-order valence-corrected chi connectivity index (χ0v) is 12.5. The third-order valence-electron chi connectivity index (χ3n) is 2.49.